The Labute approximate surface area is 47.3 Å². The van der Waals surface area contributed by atoms with Crippen molar-refractivity contribution in [3.63, 3.8) is 0 Å². The summed E-state index contributed by atoms with van der Waals surface area (Å²) in [6, 6.07) is 0. The maximum absolute atomic E-state index is 7.99. The molecule has 0 aromatic rings. The first-order valence-corrected chi connectivity index (χ1v) is 2.55. The molecule has 0 aliphatic carbocycles. The molecule has 0 radical (unpaired) electrons. The highest BCUT2D eigenvalue weighted by molar-refractivity contribution is 8.07. The van der Waals surface area contributed by atoms with Crippen molar-refractivity contribution < 1.29 is 0 Å². The van der Waals surface area contributed by atoms with E-state index < -0.39 is 0 Å². The fourth-order valence-electron chi connectivity index (χ4n) is 0.105. The molecule has 0 saturated carbocycles. The standard InChI is InChI=1S/C5H5NS/c1-3-5(2)7-4-6/h1H2,2H3. The van der Waals surface area contributed by atoms with Gasteiger partial charge in [0.1, 0.15) is 5.40 Å². The van der Waals surface area contributed by atoms with Gasteiger partial charge in [-0.3, -0.25) is 0 Å². The quantitative estimate of drug-likeness (QED) is 0.381. The number of nitrogens with zero attached hydrogens (tertiary/aromatic N) is 1. The van der Waals surface area contributed by atoms with Gasteiger partial charge in [0.2, 0.25) is 0 Å². The molecular weight excluding hydrogens is 106 g/mol. The molecule has 0 aromatic carbocycles. The third kappa shape index (κ3) is 3.18. The number of hydrogen-bond donors (Lipinski definition) is 0. The summed E-state index contributed by atoms with van der Waals surface area (Å²) in [7, 11) is 0. The third-order valence-electron chi connectivity index (χ3n) is 0.448. The molecule has 0 atom stereocenters. The molecule has 0 bridgehead atoms. The van der Waals surface area contributed by atoms with Crippen LogP contribution in [-0.2, 0) is 0 Å². The van der Waals surface area contributed by atoms with Gasteiger partial charge in [0, 0.05) is 4.91 Å². The minimum Gasteiger partial charge on any atom is -0.185 e. The largest absolute Gasteiger partial charge is 0.185 e. The first-order chi connectivity index (χ1) is 3.31. The van der Waals surface area contributed by atoms with E-state index in [1.54, 1.807) is 6.92 Å². The number of nitriles is 1. The molecule has 0 unspecified atom stereocenters. The lowest BCUT2D eigenvalue weighted by Crippen LogP contribution is -1.52. The van der Waals surface area contributed by atoms with Gasteiger partial charge in [0.25, 0.3) is 0 Å². The van der Waals surface area contributed by atoms with Crippen LogP contribution in [0.4, 0.5) is 0 Å². The van der Waals surface area contributed by atoms with Crippen LogP contribution < -0.4 is 0 Å². The maximum Gasteiger partial charge on any atom is 0.138 e. The summed E-state index contributed by atoms with van der Waals surface area (Å²) < 4.78 is 0. The van der Waals surface area contributed by atoms with Crippen molar-refractivity contribution in [1.29, 1.82) is 5.26 Å². The van der Waals surface area contributed by atoms with Gasteiger partial charge in [-0.05, 0) is 18.7 Å². The van der Waals surface area contributed by atoms with Gasteiger partial charge < -0.3 is 0 Å². The van der Waals surface area contributed by atoms with E-state index in [9.17, 15) is 0 Å². The Kier molecular flexibility index (Phi) is 3.22. The molecule has 0 heterocycles. The zero-order valence-corrected chi connectivity index (χ0v) is 4.88. The Hall–Kier alpha value is -0.640. The summed E-state index contributed by atoms with van der Waals surface area (Å²) in [5.74, 6) is 0. The van der Waals surface area contributed by atoms with Crippen LogP contribution in [0.5, 0.6) is 0 Å². The molecule has 0 amide bonds. The Morgan fingerprint density at radius 3 is 2.57 bits per heavy atom. The van der Waals surface area contributed by atoms with Crippen molar-refractivity contribution in [3.05, 3.63) is 17.2 Å². The zero-order chi connectivity index (χ0) is 5.70. The minimum absolute atomic E-state index is 0.822. The molecule has 0 aliphatic heterocycles. The van der Waals surface area contributed by atoms with Gasteiger partial charge >= 0.3 is 0 Å². The molecule has 0 aliphatic rings. The molecule has 36 valence electrons. The van der Waals surface area contributed by atoms with Crippen molar-refractivity contribution in [3.8, 4) is 5.40 Å². The Morgan fingerprint density at radius 1 is 1.86 bits per heavy atom. The summed E-state index contributed by atoms with van der Waals surface area (Å²) in [6.07, 6.45) is 0. The second kappa shape index (κ2) is 3.55. The molecule has 0 spiro atoms. The molecule has 0 N–H and O–H groups in total. The van der Waals surface area contributed by atoms with Crippen LogP contribution in [0.25, 0.3) is 0 Å². The van der Waals surface area contributed by atoms with Crippen LogP contribution >= 0.6 is 11.8 Å². The first kappa shape index (κ1) is 6.36. The van der Waals surface area contributed by atoms with Gasteiger partial charge in [-0.25, -0.2) is 0 Å². The smallest absolute Gasteiger partial charge is 0.138 e. The SMILES string of the molecule is C=C=C(C)SC#N. The highest BCUT2D eigenvalue weighted by atomic mass is 32.2. The van der Waals surface area contributed by atoms with E-state index in [1.807, 2.05) is 5.40 Å². The van der Waals surface area contributed by atoms with Gasteiger partial charge in [0.05, 0.1) is 0 Å². The van der Waals surface area contributed by atoms with Crippen molar-refractivity contribution in [2.24, 2.45) is 0 Å². The van der Waals surface area contributed by atoms with Crippen molar-refractivity contribution in [2.45, 2.75) is 6.92 Å². The molecule has 0 saturated heterocycles. The normalized spacial score (nSPS) is 6.29. The van der Waals surface area contributed by atoms with Crippen LogP contribution in [0.2, 0.25) is 0 Å². The van der Waals surface area contributed by atoms with E-state index >= 15 is 0 Å². The van der Waals surface area contributed by atoms with Crippen molar-refractivity contribution in [1.82, 2.24) is 0 Å². The zero-order valence-electron chi connectivity index (χ0n) is 4.06. The fourth-order valence-corrected chi connectivity index (χ4v) is 0.314. The second-order valence-electron chi connectivity index (χ2n) is 0.926. The maximum atomic E-state index is 7.99. The molecule has 0 rings (SSSR count). The summed E-state index contributed by atoms with van der Waals surface area (Å²) in [6.45, 7) is 5.14. The van der Waals surface area contributed by atoms with Crippen LogP contribution in [0.3, 0.4) is 0 Å². The summed E-state index contributed by atoms with van der Waals surface area (Å²) in [4.78, 5) is 0.822. The van der Waals surface area contributed by atoms with E-state index in [-0.39, 0.29) is 0 Å². The lowest BCUT2D eigenvalue weighted by Gasteiger charge is -1.76. The van der Waals surface area contributed by atoms with Gasteiger partial charge in [-0.15, -0.1) is 5.73 Å². The fraction of sp³-hybridized carbons (Fsp3) is 0.200. The number of thioether (sulfide) groups is 1. The summed E-state index contributed by atoms with van der Waals surface area (Å²) in [5.41, 5.74) is 2.57. The van der Waals surface area contributed by atoms with E-state index in [0.29, 0.717) is 0 Å². The van der Waals surface area contributed by atoms with Crippen molar-refractivity contribution >= 4 is 11.8 Å². The van der Waals surface area contributed by atoms with Crippen LogP contribution in [0.15, 0.2) is 17.2 Å². The van der Waals surface area contributed by atoms with Crippen molar-refractivity contribution in [2.75, 3.05) is 0 Å². The molecule has 0 fully saturated rings. The molecule has 1 nitrogen and oxygen atoms in total. The van der Waals surface area contributed by atoms with E-state index in [0.717, 1.165) is 16.7 Å². The summed E-state index contributed by atoms with van der Waals surface area (Å²) >= 11 is 1.08. The monoisotopic (exact) mass is 111 g/mol. The Bertz CT molecular complexity index is 137. The highest BCUT2D eigenvalue weighted by Gasteiger charge is 1.79. The van der Waals surface area contributed by atoms with E-state index in [2.05, 4.69) is 12.3 Å². The lowest BCUT2D eigenvalue weighted by atomic mass is 10.7. The van der Waals surface area contributed by atoms with Crippen LogP contribution in [0, 0.1) is 10.7 Å². The minimum atomic E-state index is 0.822. The number of allylic oxidation sites excluding steroid dienone is 1. The van der Waals surface area contributed by atoms with Gasteiger partial charge in [-0.1, -0.05) is 6.58 Å². The second-order valence-corrected chi connectivity index (χ2v) is 1.93. The summed E-state index contributed by atoms with van der Waals surface area (Å²) in [5, 5.41) is 9.89. The van der Waals surface area contributed by atoms with Gasteiger partial charge in [-0.2, -0.15) is 5.26 Å². The average molecular weight is 111 g/mol. The number of rotatable bonds is 1. The molecule has 0 aromatic heterocycles. The predicted molar refractivity (Wildman–Crippen MR) is 31.5 cm³/mol. The van der Waals surface area contributed by atoms with Gasteiger partial charge in [0.15, 0.2) is 0 Å². The number of hydrogen-bond acceptors (Lipinski definition) is 2. The molecule has 7 heavy (non-hydrogen) atoms. The van der Waals surface area contributed by atoms with Crippen LogP contribution in [-0.4, -0.2) is 0 Å². The highest BCUT2D eigenvalue weighted by Crippen LogP contribution is 2.08. The van der Waals surface area contributed by atoms with Crippen LogP contribution in [0.1, 0.15) is 6.92 Å². The lowest BCUT2D eigenvalue weighted by molar-refractivity contribution is 1.57. The number of thiocyanates is 1. The molecule has 2 heteroatoms. The topological polar surface area (TPSA) is 23.8 Å². The predicted octanol–water partition coefficient (Wildman–Crippen LogP) is 1.89. The molecular formula is C5H5NS. The first-order valence-electron chi connectivity index (χ1n) is 1.74. The van der Waals surface area contributed by atoms with E-state index in [4.69, 9.17) is 5.26 Å². The third-order valence-corrected chi connectivity index (χ3v) is 0.989. The Morgan fingerprint density at radius 2 is 2.43 bits per heavy atom. The van der Waals surface area contributed by atoms with E-state index in [1.165, 1.54) is 0 Å². The Balaban J connectivity index is 3.65. The average Bonchev–Trinajstić information content (AvgIpc) is 1.68.